The van der Waals surface area contributed by atoms with Gasteiger partial charge >= 0.3 is 0 Å². The summed E-state index contributed by atoms with van der Waals surface area (Å²) < 4.78 is 2.17. The SMILES string of the molecule is CCCn1c(C)nnc1Cc1cccc(N)c1. The van der Waals surface area contributed by atoms with Gasteiger partial charge in [0, 0.05) is 18.7 Å². The van der Waals surface area contributed by atoms with Crippen LogP contribution in [0.3, 0.4) is 0 Å². The second-order valence-electron chi connectivity index (χ2n) is 4.24. The van der Waals surface area contributed by atoms with Crippen LogP contribution in [0.4, 0.5) is 5.69 Å². The highest BCUT2D eigenvalue weighted by Crippen LogP contribution is 2.12. The molecule has 0 aliphatic rings. The Hall–Kier alpha value is -1.84. The minimum atomic E-state index is 0.784. The number of hydrogen-bond acceptors (Lipinski definition) is 3. The van der Waals surface area contributed by atoms with Crippen molar-refractivity contribution in [1.82, 2.24) is 14.8 Å². The Morgan fingerprint density at radius 2 is 2.12 bits per heavy atom. The highest BCUT2D eigenvalue weighted by Gasteiger charge is 2.08. The van der Waals surface area contributed by atoms with Crippen LogP contribution in [0.2, 0.25) is 0 Å². The minimum Gasteiger partial charge on any atom is -0.399 e. The Morgan fingerprint density at radius 3 is 2.82 bits per heavy atom. The zero-order valence-electron chi connectivity index (χ0n) is 10.3. The molecule has 0 bridgehead atoms. The maximum absolute atomic E-state index is 5.77. The number of anilines is 1. The van der Waals surface area contributed by atoms with Crippen LogP contribution in [-0.4, -0.2) is 14.8 Å². The van der Waals surface area contributed by atoms with Crippen molar-refractivity contribution in [3.05, 3.63) is 41.5 Å². The van der Waals surface area contributed by atoms with Crippen LogP contribution in [0, 0.1) is 6.92 Å². The fourth-order valence-electron chi connectivity index (χ4n) is 1.96. The smallest absolute Gasteiger partial charge is 0.137 e. The summed E-state index contributed by atoms with van der Waals surface area (Å²) in [6, 6.07) is 7.92. The van der Waals surface area contributed by atoms with E-state index >= 15 is 0 Å². The Morgan fingerprint density at radius 1 is 1.29 bits per heavy atom. The van der Waals surface area contributed by atoms with Crippen LogP contribution in [-0.2, 0) is 13.0 Å². The van der Waals surface area contributed by atoms with E-state index in [0.717, 1.165) is 36.7 Å². The third-order valence-corrected chi connectivity index (χ3v) is 2.77. The minimum absolute atomic E-state index is 0.784. The van der Waals surface area contributed by atoms with Gasteiger partial charge in [-0.25, -0.2) is 0 Å². The van der Waals surface area contributed by atoms with Gasteiger partial charge in [0.25, 0.3) is 0 Å². The van der Waals surface area contributed by atoms with Gasteiger partial charge in [0.1, 0.15) is 11.6 Å². The van der Waals surface area contributed by atoms with Crippen molar-refractivity contribution in [1.29, 1.82) is 0 Å². The maximum Gasteiger partial charge on any atom is 0.137 e. The van der Waals surface area contributed by atoms with Crippen molar-refractivity contribution in [2.45, 2.75) is 33.2 Å². The van der Waals surface area contributed by atoms with E-state index in [1.165, 1.54) is 5.56 Å². The van der Waals surface area contributed by atoms with Crippen molar-refractivity contribution >= 4 is 5.69 Å². The molecule has 0 aliphatic heterocycles. The number of nitrogens with zero attached hydrogens (tertiary/aromatic N) is 3. The molecule has 2 N–H and O–H groups in total. The number of hydrogen-bond donors (Lipinski definition) is 1. The molecule has 1 heterocycles. The lowest BCUT2D eigenvalue weighted by Crippen LogP contribution is -2.06. The lowest BCUT2D eigenvalue weighted by molar-refractivity contribution is 0.630. The normalized spacial score (nSPS) is 10.7. The number of benzene rings is 1. The highest BCUT2D eigenvalue weighted by atomic mass is 15.3. The molecule has 1 aromatic heterocycles. The molecule has 0 saturated heterocycles. The van der Waals surface area contributed by atoms with Crippen molar-refractivity contribution < 1.29 is 0 Å². The van der Waals surface area contributed by atoms with Crippen LogP contribution in [0.1, 0.15) is 30.6 Å². The quantitative estimate of drug-likeness (QED) is 0.819. The van der Waals surface area contributed by atoms with Crippen molar-refractivity contribution in [2.24, 2.45) is 0 Å². The predicted octanol–water partition coefficient (Wildman–Crippen LogP) is 2.17. The van der Waals surface area contributed by atoms with Crippen LogP contribution < -0.4 is 5.73 Å². The second kappa shape index (κ2) is 4.99. The molecule has 0 spiro atoms. The zero-order chi connectivity index (χ0) is 12.3. The number of rotatable bonds is 4. The van der Waals surface area contributed by atoms with Gasteiger partial charge in [-0.1, -0.05) is 19.1 Å². The average Bonchev–Trinajstić information content (AvgIpc) is 2.62. The van der Waals surface area contributed by atoms with Crippen LogP contribution in [0.15, 0.2) is 24.3 Å². The summed E-state index contributed by atoms with van der Waals surface area (Å²) in [4.78, 5) is 0. The van der Waals surface area contributed by atoms with E-state index in [1.54, 1.807) is 0 Å². The van der Waals surface area contributed by atoms with Crippen LogP contribution >= 0.6 is 0 Å². The largest absolute Gasteiger partial charge is 0.399 e. The van der Waals surface area contributed by atoms with E-state index in [0.29, 0.717) is 0 Å². The number of nitrogens with two attached hydrogens (primary N) is 1. The van der Waals surface area contributed by atoms with Crippen molar-refractivity contribution in [2.75, 3.05) is 5.73 Å². The first kappa shape index (κ1) is 11.6. The Kier molecular flexibility index (Phi) is 3.42. The monoisotopic (exact) mass is 230 g/mol. The van der Waals surface area contributed by atoms with Gasteiger partial charge in [-0.2, -0.15) is 0 Å². The van der Waals surface area contributed by atoms with E-state index in [-0.39, 0.29) is 0 Å². The number of aryl methyl sites for hydroxylation is 1. The predicted molar refractivity (Wildman–Crippen MR) is 68.7 cm³/mol. The molecule has 90 valence electrons. The van der Waals surface area contributed by atoms with Gasteiger partial charge in [0.2, 0.25) is 0 Å². The summed E-state index contributed by atoms with van der Waals surface area (Å²) in [5.74, 6) is 1.99. The van der Waals surface area contributed by atoms with Gasteiger partial charge in [-0.15, -0.1) is 10.2 Å². The Labute approximate surface area is 101 Å². The van der Waals surface area contributed by atoms with Gasteiger partial charge in [-0.05, 0) is 31.0 Å². The Bertz CT molecular complexity index is 502. The van der Waals surface area contributed by atoms with E-state index in [9.17, 15) is 0 Å². The molecule has 0 saturated carbocycles. The second-order valence-corrected chi connectivity index (χ2v) is 4.24. The lowest BCUT2D eigenvalue weighted by atomic mass is 10.1. The lowest BCUT2D eigenvalue weighted by Gasteiger charge is -2.07. The first-order valence-electron chi connectivity index (χ1n) is 5.93. The topological polar surface area (TPSA) is 56.7 Å². The molecule has 4 nitrogen and oxygen atoms in total. The standard InChI is InChI=1S/C13H18N4/c1-3-7-17-10(2)15-16-13(17)9-11-5-4-6-12(14)8-11/h4-6,8H,3,7,9,14H2,1-2H3. The highest BCUT2D eigenvalue weighted by molar-refractivity contribution is 5.41. The van der Waals surface area contributed by atoms with Crippen LogP contribution in [0.25, 0.3) is 0 Å². The number of aromatic nitrogens is 3. The third kappa shape index (κ3) is 2.64. The molecule has 17 heavy (non-hydrogen) atoms. The first-order chi connectivity index (χ1) is 8.20. The van der Waals surface area contributed by atoms with E-state index in [2.05, 4.69) is 27.8 Å². The third-order valence-electron chi connectivity index (χ3n) is 2.77. The molecule has 1 aromatic carbocycles. The molecule has 0 fully saturated rings. The summed E-state index contributed by atoms with van der Waals surface area (Å²) in [5, 5.41) is 8.37. The zero-order valence-corrected chi connectivity index (χ0v) is 10.3. The average molecular weight is 230 g/mol. The molecule has 0 atom stereocenters. The van der Waals surface area contributed by atoms with Gasteiger partial charge in [-0.3, -0.25) is 0 Å². The van der Waals surface area contributed by atoms with Gasteiger partial charge < -0.3 is 10.3 Å². The molecular formula is C13H18N4. The summed E-state index contributed by atoms with van der Waals surface area (Å²) in [6.45, 7) is 5.12. The van der Waals surface area contributed by atoms with Gasteiger partial charge in [0.15, 0.2) is 0 Å². The maximum atomic E-state index is 5.77. The first-order valence-corrected chi connectivity index (χ1v) is 5.93. The Balaban J connectivity index is 2.24. The molecule has 2 aromatic rings. The fraction of sp³-hybridized carbons (Fsp3) is 0.385. The van der Waals surface area contributed by atoms with Crippen LogP contribution in [0.5, 0.6) is 0 Å². The van der Waals surface area contributed by atoms with E-state index in [1.807, 2.05) is 25.1 Å². The van der Waals surface area contributed by atoms with Gasteiger partial charge in [0.05, 0.1) is 0 Å². The molecule has 0 amide bonds. The summed E-state index contributed by atoms with van der Waals surface area (Å²) in [6.07, 6.45) is 1.87. The van der Waals surface area contributed by atoms with Crippen molar-refractivity contribution in [3.8, 4) is 0 Å². The molecule has 0 aliphatic carbocycles. The molecular weight excluding hydrogens is 212 g/mol. The summed E-state index contributed by atoms with van der Waals surface area (Å²) >= 11 is 0. The number of nitrogen functional groups attached to an aromatic ring is 1. The molecule has 0 radical (unpaired) electrons. The van der Waals surface area contributed by atoms with E-state index < -0.39 is 0 Å². The molecule has 0 unspecified atom stereocenters. The summed E-state index contributed by atoms with van der Waals surface area (Å²) in [7, 11) is 0. The molecule has 4 heteroatoms. The van der Waals surface area contributed by atoms with E-state index in [4.69, 9.17) is 5.73 Å². The van der Waals surface area contributed by atoms with Crippen molar-refractivity contribution in [3.63, 3.8) is 0 Å². The molecule has 2 rings (SSSR count). The summed E-state index contributed by atoms with van der Waals surface area (Å²) in [5.41, 5.74) is 7.74. The fourth-order valence-corrected chi connectivity index (χ4v) is 1.96.